The largest absolute Gasteiger partial charge is 0.387 e. The number of benzene rings is 1. The van der Waals surface area contributed by atoms with E-state index in [1.165, 1.54) is 17.1 Å². The predicted molar refractivity (Wildman–Crippen MR) is 97.8 cm³/mol. The van der Waals surface area contributed by atoms with Crippen LogP contribution in [0.25, 0.3) is 10.9 Å². The summed E-state index contributed by atoms with van der Waals surface area (Å²) in [6, 6.07) is 11.9. The third kappa shape index (κ3) is 3.79. The number of pyridine rings is 1. The van der Waals surface area contributed by atoms with E-state index < -0.39 is 6.10 Å². The van der Waals surface area contributed by atoms with Gasteiger partial charge in [-0.15, -0.1) is 0 Å². The SMILES string of the molecule is CC(Cc1c[nH]c2ccccc12)NCC(O)c1cnc(N)c(C#N)c1. The fourth-order valence-corrected chi connectivity index (χ4v) is 2.90. The first-order valence-corrected chi connectivity index (χ1v) is 8.20. The van der Waals surface area contributed by atoms with Crippen LogP contribution in [0.5, 0.6) is 0 Å². The number of anilines is 1. The Morgan fingerprint density at radius 2 is 2.20 bits per heavy atom. The Morgan fingerprint density at radius 1 is 1.40 bits per heavy atom. The zero-order valence-electron chi connectivity index (χ0n) is 14.0. The molecule has 128 valence electrons. The van der Waals surface area contributed by atoms with Gasteiger partial charge in [-0.25, -0.2) is 4.98 Å². The minimum absolute atomic E-state index is 0.180. The number of nitrogens with one attached hydrogen (secondary N) is 2. The Kier molecular flexibility index (Phi) is 4.98. The second-order valence-corrected chi connectivity index (χ2v) is 6.20. The fraction of sp³-hybridized carbons (Fsp3) is 0.263. The number of hydrogen-bond donors (Lipinski definition) is 4. The first kappa shape index (κ1) is 17.0. The standard InChI is InChI=1S/C19H21N5O/c1-12(6-14-9-23-17-5-3-2-4-16(14)17)22-11-18(25)15-7-13(8-20)19(21)24-10-15/h2-5,7,9-10,12,18,22-23,25H,6,11H2,1H3,(H2,21,24). The first-order valence-electron chi connectivity index (χ1n) is 8.20. The van der Waals surface area contributed by atoms with Crippen molar-refractivity contribution in [1.82, 2.24) is 15.3 Å². The summed E-state index contributed by atoms with van der Waals surface area (Å²) >= 11 is 0. The number of nitrogen functional groups attached to an aromatic ring is 1. The lowest BCUT2D eigenvalue weighted by Crippen LogP contribution is -2.32. The number of nitrogens with two attached hydrogens (primary N) is 1. The van der Waals surface area contributed by atoms with Crippen LogP contribution in [0.4, 0.5) is 5.82 Å². The molecule has 0 amide bonds. The normalized spacial score (nSPS) is 13.5. The third-order valence-electron chi connectivity index (χ3n) is 4.31. The molecule has 0 saturated heterocycles. The molecule has 0 radical (unpaired) electrons. The van der Waals surface area contributed by atoms with E-state index in [2.05, 4.69) is 34.3 Å². The molecule has 3 aromatic rings. The lowest BCUT2D eigenvalue weighted by molar-refractivity contribution is 0.170. The van der Waals surface area contributed by atoms with Crippen molar-refractivity contribution in [3.05, 3.63) is 59.4 Å². The molecule has 2 unspecified atom stereocenters. The number of nitrogens with zero attached hydrogens (tertiary/aromatic N) is 2. The molecule has 2 heterocycles. The van der Waals surface area contributed by atoms with Gasteiger partial charge in [-0.05, 0) is 31.0 Å². The van der Waals surface area contributed by atoms with Gasteiger partial charge in [0, 0.05) is 41.4 Å². The first-order chi connectivity index (χ1) is 12.1. The highest BCUT2D eigenvalue weighted by Gasteiger charge is 2.13. The molecular weight excluding hydrogens is 314 g/mol. The van der Waals surface area contributed by atoms with E-state index in [1.807, 2.05) is 24.4 Å². The van der Waals surface area contributed by atoms with E-state index in [9.17, 15) is 5.11 Å². The smallest absolute Gasteiger partial charge is 0.141 e. The van der Waals surface area contributed by atoms with Crippen LogP contribution in [0, 0.1) is 11.3 Å². The predicted octanol–water partition coefficient (Wildman–Crippen LogP) is 2.27. The number of aromatic amines is 1. The molecule has 6 nitrogen and oxygen atoms in total. The van der Waals surface area contributed by atoms with Gasteiger partial charge in [-0.1, -0.05) is 18.2 Å². The topological polar surface area (TPSA) is 111 Å². The molecule has 6 heteroatoms. The van der Waals surface area contributed by atoms with Gasteiger partial charge in [0.15, 0.2) is 0 Å². The molecule has 2 aromatic heterocycles. The summed E-state index contributed by atoms with van der Waals surface area (Å²) in [7, 11) is 0. The van der Waals surface area contributed by atoms with Crippen molar-refractivity contribution in [2.75, 3.05) is 12.3 Å². The number of aromatic nitrogens is 2. The molecule has 5 N–H and O–H groups in total. The molecule has 3 rings (SSSR count). The number of para-hydroxylation sites is 1. The van der Waals surface area contributed by atoms with Crippen LogP contribution in [-0.4, -0.2) is 27.7 Å². The molecule has 0 aliphatic carbocycles. The van der Waals surface area contributed by atoms with Crippen LogP contribution in [0.15, 0.2) is 42.7 Å². The minimum atomic E-state index is -0.745. The van der Waals surface area contributed by atoms with Crippen LogP contribution in [0.3, 0.4) is 0 Å². The summed E-state index contributed by atoms with van der Waals surface area (Å²) in [5.74, 6) is 0.180. The van der Waals surface area contributed by atoms with Gasteiger partial charge in [0.05, 0.1) is 11.7 Å². The molecule has 0 aliphatic rings. The Hall–Kier alpha value is -2.88. The maximum Gasteiger partial charge on any atom is 0.141 e. The average molecular weight is 335 g/mol. The number of rotatable bonds is 6. The molecule has 0 bridgehead atoms. The number of aliphatic hydroxyl groups excluding tert-OH is 1. The quantitative estimate of drug-likeness (QED) is 0.552. The average Bonchev–Trinajstić information content (AvgIpc) is 3.03. The number of hydrogen-bond acceptors (Lipinski definition) is 5. The van der Waals surface area contributed by atoms with Crippen LogP contribution in [-0.2, 0) is 6.42 Å². The van der Waals surface area contributed by atoms with Gasteiger partial charge in [-0.3, -0.25) is 0 Å². The summed E-state index contributed by atoms with van der Waals surface area (Å²) in [6.45, 7) is 2.45. The lowest BCUT2D eigenvalue weighted by atomic mass is 10.1. The monoisotopic (exact) mass is 335 g/mol. The van der Waals surface area contributed by atoms with Crippen LogP contribution in [0.2, 0.25) is 0 Å². The second-order valence-electron chi connectivity index (χ2n) is 6.20. The summed E-state index contributed by atoms with van der Waals surface area (Å²) in [4.78, 5) is 7.23. The zero-order valence-corrected chi connectivity index (χ0v) is 14.0. The number of fused-ring (bicyclic) bond motifs is 1. The van der Waals surface area contributed by atoms with E-state index in [4.69, 9.17) is 11.0 Å². The van der Waals surface area contributed by atoms with E-state index in [1.54, 1.807) is 6.07 Å². The molecular formula is C19H21N5O. The third-order valence-corrected chi connectivity index (χ3v) is 4.31. The highest BCUT2D eigenvalue weighted by Crippen LogP contribution is 2.20. The van der Waals surface area contributed by atoms with Gasteiger partial charge in [-0.2, -0.15) is 5.26 Å². The molecule has 0 fully saturated rings. The molecule has 0 saturated carbocycles. The molecule has 0 spiro atoms. The minimum Gasteiger partial charge on any atom is -0.387 e. The summed E-state index contributed by atoms with van der Waals surface area (Å²) in [5.41, 5.74) is 8.84. The van der Waals surface area contributed by atoms with Crippen molar-refractivity contribution in [2.24, 2.45) is 0 Å². The van der Waals surface area contributed by atoms with Crippen molar-refractivity contribution in [1.29, 1.82) is 5.26 Å². The summed E-state index contributed by atoms with van der Waals surface area (Å²) in [5, 5.41) is 23.9. The Balaban J connectivity index is 1.60. The zero-order chi connectivity index (χ0) is 17.8. The highest BCUT2D eigenvalue weighted by atomic mass is 16.3. The number of H-pyrrole nitrogens is 1. The van der Waals surface area contributed by atoms with E-state index in [0.717, 1.165) is 11.9 Å². The molecule has 2 atom stereocenters. The van der Waals surface area contributed by atoms with E-state index >= 15 is 0 Å². The second kappa shape index (κ2) is 7.34. The van der Waals surface area contributed by atoms with Crippen molar-refractivity contribution >= 4 is 16.7 Å². The summed E-state index contributed by atoms with van der Waals surface area (Å²) < 4.78 is 0. The van der Waals surface area contributed by atoms with Crippen LogP contribution >= 0.6 is 0 Å². The van der Waals surface area contributed by atoms with Gasteiger partial charge < -0.3 is 21.1 Å². The van der Waals surface area contributed by atoms with Crippen LogP contribution in [0.1, 0.15) is 29.7 Å². The molecule has 1 aromatic carbocycles. The summed E-state index contributed by atoms with van der Waals surface area (Å²) in [6.07, 6.45) is 3.64. The Bertz CT molecular complexity index is 912. The Labute approximate surface area is 146 Å². The maximum absolute atomic E-state index is 10.3. The van der Waals surface area contributed by atoms with Gasteiger partial charge in [0.2, 0.25) is 0 Å². The van der Waals surface area contributed by atoms with Crippen molar-refractivity contribution < 1.29 is 5.11 Å². The maximum atomic E-state index is 10.3. The van der Waals surface area contributed by atoms with Gasteiger partial charge in [0.1, 0.15) is 11.9 Å². The molecule has 25 heavy (non-hydrogen) atoms. The lowest BCUT2D eigenvalue weighted by Gasteiger charge is -2.17. The van der Waals surface area contributed by atoms with Gasteiger partial charge in [0.25, 0.3) is 0 Å². The van der Waals surface area contributed by atoms with E-state index in [-0.39, 0.29) is 17.4 Å². The fourth-order valence-electron chi connectivity index (χ4n) is 2.90. The Morgan fingerprint density at radius 3 is 3.00 bits per heavy atom. The highest BCUT2D eigenvalue weighted by molar-refractivity contribution is 5.83. The number of aliphatic hydroxyl groups is 1. The molecule has 0 aliphatic heterocycles. The number of nitriles is 1. The van der Waals surface area contributed by atoms with E-state index in [0.29, 0.717) is 12.1 Å². The van der Waals surface area contributed by atoms with Crippen molar-refractivity contribution in [3.63, 3.8) is 0 Å². The van der Waals surface area contributed by atoms with Crippen molar-refractivity contribution in [2.45, 2.75) is 25.5 Å². The van der Waals surface area contributed by atoms with Crippen LogP contribution < -0.4 is 11.1 Å². The van der Waals surface area contributed by atoms with Crippen molar-refractivity contribution in [3.8, 4) is 6.07 Å². The van der Waals surface area contributed by atoms with Gasteiger partial charge >= 0.3 is 0 Å².